The maximum Gasteiger partial charge on any atom is 0.248 e. The third kappa shape index (κ3) is 1.52. The van der Waals surface area contributed by atoms with Gasteiger partial charge < -0.3 is 0 Å². The van der Waals surface area contributed by atoms with Gasteiger partial charge in [-0.05, 0) is 24.7 Å². The summed E-state index contributed by atoms with van der Waals surface area (Å²) in [6.45, 7) is 0. The van der Waals surface area contributed by atoms with E-state index < -0.39 is 5.92 Å². The van der Waals surface area contributed by atoms with E-state index in [1.807, 2.05) is 6.08 Å². The number of hydrogen-bond acceptors (Lipinski definition) is 1. The van der Waals surface area contributed by atoms with E-state index in [-0.39, 0.29) is 24.7 Å². The second kappa shape index (κ2) is 2.89. The van der Waals surface area contributed by atoms with Crippen LogP contribution < -0.4 is 0 Å². The molecule has 3 aliphatic rings. The Balaban J connectivity index is 1.55. The van der Waals surface area contributed by atoms with Gasteiger partial charge in [-0.3, -0.25) is 4.79 Å². The van der Waals surface area contributed by atoms with Gasteiger partial charge in [0.15, 0.2) is 0 Å². The second-order valence-corrected chi connectivity index (χ2v) is 5.32. The van der Waals surface area contributed by atoms with Crippen LogP contribution in [0.4, 0.5) is 8.78 Å². The maximum absolute atomic E-state index is 12.6. The van der Waals surface area contributed by atoms with Crippen molar-refractivity contribution in [1.82, 2.24) is 0 Å². The van der Waals surface area contributed by atoms with Crippen molar-refractivity contribution >= 4 is 5.78 Å². The van der Waals surface area contributed by atoms with E-state index in [0.29, 0.717) is 18.1 Å². The normalized spacial score (nSPS) is 38.0. The van der Waals surface area contributed by atoms with Crippen LogP contribution in [0.25, 0.3) is 0 Å². The Morgan fingerprint density at radius 3 is 2.60 bits per heavy atom. The molecular weight excluding hydrogens is 198 g/mol. The summed E-state index contributed by atoms with van der Waals surface area (Å²) >= 11 is 0. The Hall–Kier alpha value is -0.730. The molecule has 0 bridgehead atoms. The van der Waals surface area contributed by atoms with Gasteiger partial charge in [-0.1, -0.05) is 11.6 Å². The van der Waals surface area contributed by atoms with Crippen molar-refractivity contribution in [3.8, 4) is 0 Å². The van der Waals surface area contributed by atoms with Gasteiger partial charge >= 0.3 is 0 Å². The molecule has 2 fully saturated rings. The van der Waals surface area contributed by atoms with E-state index in [1.165, 1.54) is 5.57 Å². The number of halogens is 2. The molecule has 82 valence electrons. The first kappa shape index (κ1) is 9.49. The standard InChI is InChI=1S/C12H14F2O/c13-12(14)5-8(6-12)1-7-2-9-4-11(15)10(9)3-7/h3,8-10H,1-2,4-6H2/t9?,10-/m1/s1. The lowest BCUT2D eigenvalue weighted by Gasteiger charge is -2.35. The summed E-state index contributed by atoms with van der Waals surface area (Å²) in [5, 5.41) is 0. The fraction of sp³-hybridized carbons (Fsp3) is 0.750. The average molecular weight is 212 g/mol. The summed E-state index contributed by atoms with van der Waals surface area (Å²) in [6, 6.07) is 0. The number of fused-ring (bicyclic) bond motifs is 1. The third-order valence-electron chi connectivity index (χ3n) is 4.01. The lowest BCUT2D eigenvalue weighted by molar-refractivity contribution is -0.130. The van der Waals surface area contributed by atoms with Gasteiger partial charge in [-0.25, -0.2) is 8.78 Å². The Labute approximate surface area is 87.5 Å². The molecule has 3 aliphatic carbocycles. The summed E-state index contributed by atoms with van der Waals surface area (Å²) < 4.78 is 25.2. The molecule has 0 radical (unpaired) electrons. The highest BCUT2D eigenvalue weighted by Crippen LogP contribution is 2.49. The fourth-order valence-corrected chi connectivity index (χ4v) is 3.16. The van der Waals surface area contributed by atoms with Crippen LogP contribution in [0.2, 0.25) is 0 Å². The minimum Gasteiger partial charge on any atom is -0.299 e. The van der Waals surface area contributed by atoms with Crippen molar-refractivity contribution in [2.24, 2.45) is 17.8 Å². The number of Topliss-reactive ketones (excluding diaryl/α,β-unsaturated/α-hetero) is 1. The van der Waals surface area contributed by atoms with E-state index in [0.717, 1.165) is 12.8 Å². The zero-order valence-electron chi connectivity index (χ0n) is 8.51. The van der Waals surface area contributed by atoms with Crippen LogP contribution in [0.15, 0.2) is 11.6 Å². The first-order valence-corrected chi connectivity index (χ1v) is 5.64. The van der Waals surface area contributed by atoms with Crippen LogP contribution >= 0.6 is 0 Å². The highest BCUT2D eigenvalue weighted by atomic mass is 19.3. The molecule has 0 aromatic carbocycles. The van der Waals surface area contributed by atoms with Crippen LogP contribution in [0.5, 0.6) is 0 Å². The highest BCUT2D eigenvalue weighted by Gasteiger charge is 2.47. The molecule has 0 spiro atoms. The van der Waals surface area contributed by atoms with Gasteiger partial charge in [0.25, 0.3) is 0 Å². The van der Waals surface area contributed by atoms with E-state index in [1.54, 1.807) is 0 Å². The first-order valence-electron chi connectivity index (χ1n) is 5.64. The van der Waals surface area contributed by atoms with Crippen molar-refractivity contribution < 1.29 is 13.6 Å². The monoisotopic (exact) mass is 212 g/mol. The molecule has 2 atom stereocenters. The molecule has 0 aromatic heterocycles. The van der Waals surface area contributed by atoms with Crippen LogP contribution in [-0.2, 0) is 4.79 Å². The zero-order chi connectivity index (χ0) is 10.6. The maximum atomic E-state index is 12.6. The predicted octanol–water partition coefficient (Wildman–Crippen LogP) is 2.96. The number of allylic oxidation sites excluding steroid dienone is 2. The molecule has 0 aliphatic heterocycles. The SMILES string of the molecule is O=C1CC2CC(CC3CC(F)(F)C3)=C[C@@H]12. The molecule has 2 saturated carbocycles. The average Bonchev–Trinajstić information content (AvgIpc) is 2.40. The molecule has 0 heterocycles. The van der Waals surface area contributed by atoms with Gasteiger partial charge in [0.05, 0.1) is 0 Å². The van der Waals surface area contributed by atoms with E-state index in [2.05, 4.69) is 0 Å². The summed E-state index contributed by atoms with van der Waals surface area (Å²) in [5.41, 5.74) is 1.26. The molecule has 0 aromatic rings. The minimum atomic E-state index is -2.40. The lowest BCUT2D eigenvalue weighted by atomic mass is 9.74. The largest absolute Gasteiger partial charge is 0.299 e. The molecular formula is C12H14F2O. The molecule has 0 saturated heterocycles. The van der Waals surface area contributed by atoms with Gasteiger partial charge in [-0.15, -0.1) is 0 Å². The molecule has 0 amide bonds. The fourth-order valence-electron chi connectivity index (χ4n) is 3.16. The van der Waals surface area contributed by atoms with Crippen molar-refractivity contribution in [3.63, 3.8) is 0 Å². The van der Waals surface area contributed by atoms with Crippen molar-refractivity contribution in [3.05, 3.63) is 11.6 Å². The first-order chi connectivity index (χ1) is 7.03. The van der Waals surface area contributed by atoms with Gasteiger partial charge in [0.1, 0.15) is 5.78 Å². The molecule has 1 unspecified atom stereocenters. The van der Waals surface area contributed by atoms with Crippen LogP contribution in [-0.4, -0.2) is 11.7 Å². The summed E-state index contributed by atoms with van der Waals surface area (Å²) in [7, 11) is 0. The highest BCUT2D eigenvalue weighted by molar-refractivity contribution is 5.90. The quantitative estimate of drug-likeness (QED) is 0.643. The van der Waals surface area contributed by atoms with Crippen molar-refractivity contribution in [1.29, 1.82) is 0 Å². The Morgan fingerprint density at radius 2 is 2.07 bits per heavy atom. The van der Waals surface area contributed by atoms with E-state index in [4.69, 9.17) is 0 Å². The summed E-state index contributed by atoms with van der Waals surface area (Å²) in [4.78, 5) is 11.2. The third-order valence-corrected chi connectivity index (χ3v) is 4.01. The second-order valence-electron chi connectivity index (χ2n) is 5.32. The molecule has 0 N–H and O–H groups in total. The summed E-state index contributed by atoms with van der Waals surface area (Å²) in [6.07, 6.45) is 4.65. The van der Waals surface area contributed by atoms with E-state index >= 15 is 0 Å². The smallest absolute Gasteiger partial charge is 0.248 e. The van der Waals surface area contributed by atoms with Crippen molar-refractivity contribution in [2.75, 3.05) is 0 Å². The Kier molecular flexibility index (Phi) is 1.83. The molecule has 3 heteroatoms. The van der Waals surface area contributed by atoms with Crippen LogP contribution in [0.1, 0.15) is 32.1 Å². The number of ketones is 1. The van der Waals surface area contributed by atoms with Gasteiger partial charge in [0.2, 0.25) is 5.92 Å². The molecule has 3 rings (SSSR count). The topological polar surface area (TPSA) is 17.1 Å². The number of hydrogen-bond donors (Lipinski definition) is 0. The molecule has 1 nitrogen and oxygen atoms in total. The van der Waals surface area contributed by atoms with E-state index in [9.17, 15) is 13.6 Å². The van der Waals surface area contributed by atoms with Crippen LogP contribution in [0.3, 0.4) is 0 Å². The number of carbonyl (C=O) groups excluding carboxylic acids is 1. The van der Waals surface area contributed by atoms with Crippen LogP contribution in [0, 0.1) is 17.8 Å². The number of carbonyl (C=O) groups is 1. The molecule has 15 heavy (non-hydrogen) atoms. The zero-order valence-corrected chi connectivity index (χ0v) is 8.51. The minimum absolute atomic E-state index is 0.0492. The number of alkyl halides is 2. The van der Waals surface area contributed by atoms with Crippen molar-refractivity contribution in [2.45, 2.75) is 38.0 Å². The Bertz CT molecular complexity index is 338. The Morgan fingerprint density at radius 1 is 1.33 bits per heavy atom. The lowest BCUT2D eigenvalue weighted by Crippen LogP contribution is -2.35. The van der Waals surface area contributed by atoms with Gasteiger partial charge in [0, 0.05) is 25.2 Å². The summed E-state index contributed by atoms with van der Waals surface area (Å²) in [5.74, 6) is -1.22. The number of rotatable bonds is 2. The van der Waals surface area contributed by atoms with Gasteiger partial charge in [-0.2, -0.15) is 0 Å². The predicted molar refractivity (Wildman–Crippen MR) is 51.6 cm³/mol.